The van der Waals surface area contributed by atoms with Crippen LogP contribution in [0.15, 0.2) is 30.3 Å². The number of alkyl halides is 1. The third-order valence-corrected chi connectivity index (χ3v) is 3.52. The highest BCUT2D eigenvalue weighted by Crippen LogP contribution is 2.17. The van der Waals surface area contributed by atoms with E-state index in [-0.39, 0.29) is 11.8 Å². The number of carbonyl (C=O) groups excluding carboxylic acids is 1. The highest BCUT2D eigenvalue weighted by atomic mass is 35.5. The number of carbonyl (C=O) groups is 1. The van der Waals surface area contributed by atoms with Gasteiger partial charge in [0, 0.05) is 6.42 Å². The summed E-state index contributed by atoms with van der Waals surface area (Å²) in [5, 5.41) is 11.8. The first-order valence-electron chi connectivity index (χ1n) is 6.14. The molecule has 106 valence electrons. The molecule has 0 saturated carbocycles. The van der Waals surface area contributed by atoms with Crippen LogP contribution >= 0.6 is 22.9 Å². The van der Waals surface area contributed by atoms with Crippen LogP contribution in [0, 0.1) is 0 Å². The number of anilines is 1. The van der Waals surface area contributed by atoms with E-state index in [1.165, 1.54) is 11.3 Å². The van der Waals surface area contributed by atoms with Gasteiger partial charge in [-0.3, -0.25) is 10.1 Å². The van der Waals surface area contributed by atoms with E-state index in [1.807, 2.05) is 30.3 Å². The van der Waals surface area contributed by atoms with Crippen molar-refractivity contribution >= 4 is 34.0 Å². The topological polar surface area (TPSA) is 64.1 Å². The lowest BCUT2D eigenvalue weighted by atomic mass is 10.3. The minimum absolute atomic E-state index is 0.0835. The molecule has 0 atom stereocenters. The molecule has 0 bridgehead atoms. The van der Waals surface area contributed by atoms with Gasteiger partial charge in [-0.15, -0.1) is 21.8 Å². The van der Waals surface area contributed by atoms with Gasteiger partial charge in [0.05, 0.1) is 6.61 Å². The van der Waals surface area contributed by atoms with E-state index < -0.39 is 0 Å². The molecule has 7 heteroatoms. The molecule has 0 aliphatic carbocycles. The Hall–Kier alpha value is -1.66. The summed E-state index contributed by atoms with van der Waals surface area (Å²) in [6.45, 7) is 0.618. The molecule has 0 unspecified atom stereocenters. The first-order valence-corrected chi connectivity index (χ1v) is 7.49. The minimum Gasteiger partial charge on any atom is -0.494 e. The van der Waals surface area contributed by atoms with Gasteiger partial charge in [-0.2, -0.15) is 0 Å². The average molecular weight is 312 g/mol. The van der Waals surface area contributed by atoms with Crippen molar-refractivity contribution in [1.29, 1.82) is 0 Å². The second-order valence-electron chi connectivity index (χ2n) is 3.95. The van der Waals surface area contributed by atoms with Crippen molar-refractivity contribution in [1.82, 2.24) is 10.2 Å². The first-order chi connectivity index (χ1) is 9.78. The Morgan fingerprint density at radius 3 is 2.85 bits per heavy atom. The second kappa shape index (κ2) is 7.81. The van der Waals surface area contributed by atoms with Crippen LogP contribution in [-0.2, 0) is 11.2 Å². The van der Waals surface area contributed by atoms with Crippen molar-refractivity contribution in [2.75, 3.05) is 17.8 Å². The van der Waals surface area contributed by atoms with Crippen molar-refractivity contribution in [3.63, 3.8) is 0 Å². The number of nitrogens with one attached hydrogen (secondary N) is 1. The molecule has 0 spiro atoms. The van der Waals surface area contributed by atoms with E-state index in [0.29, 0.717) is 11.7 Å². The van der Waals surface area contributed by atoms with Gasteiger partial charge in [-0.05, 0) is 18.6 Å². The van der Waals surface area contributed by atoms with Crippen LogP contribution in [0.2, 0.25) is 0 Å². The molecule has 0 radical (unpaired) electrons. The number of nitrogens with zero attached hydrogens (tertiary/aromatic N) is 2. The number of para-hydroxylation sites is 1. The zero-order valence-electron chi connectivity index (χ0n) is 10.7. The second-order valence-corrected chi connectivity index (χ2v) is 5.28. The lowest BCUT2D eigenvalue weighted by molar-refractivity contribution is -0.113. The number of benzene rings is 1. The van der Waals surface area contributed by atoms with Gasteiger partial charge in [0.15, 0.2) is 0 Å². The molecular weight excluding hydrogens is 298 g/mol. The van der Waals surface area contributed by atoms with Gasteiger partial charge in [-0.25, -0.2) is 0 Å². The maximum absolute atomic E-state index is 11.1. The third-order valence-electron chi connectivity index (χ3n) is 2.38. The lowest BCUT2D eigenvalue weighted by Gasteiger charge is -2.04. The van der Waals surface area contributed by atoms with Crippen LogP contribution in [0.25, 0.3) is 0 Å². The maximum Gasteiger partial charge on any atom is 0.241 e. The Kier molecular flexibility index (Phi) is 5.76. The largest absolute Gasteiger partial charge is 0.494 e. The molecule has 2 rings (SSSR count). The molecule has 0 aliphatic heterocycles. The fourth-order valence-corrected chi connectivity index (χ4v) is 2.35. The molecular formula is C13H14ClN3O2S. The number of ether oxygens (including phenoxy) is 1. The number of rotatable bonds is 7. The highest BCUT2D eigenvalue weighted by Gasteiger charge is 2.07. The van der Waals surface area contributed by atoms with Crippen LogP contribution in [0.5, 0.6) is 5.75 Å². The van der Waals surface area contributed by atoms with E-state index in [4.69, 9.17) is 16.3 Å². The fourth-order valence-electron chi connectivity index (χ4n) is 1.49. The Morgan fingerprint density at radius 1 is 1.30 bits per heavy atom. The summed E-state index contributed by atoms with van der Waals surface area (Å²) in [6.07, 6.45) is 1.61. The van der Waals surface area contributed by atoms with Crippen LogP contribution < -0.4 is 10.1 Å². The Labute approximate surface area is 125 Å². The Balaban J connectivity index is 1.70. The molecule has 0 fully saturated rings. The summed E-state index contributed by atoms with van der Waals surface area (Å²) in [5.74, 6) is 0.501. The molecule has 5 nitrogen and oxygen atoms in total. The van der Waals surface area contributed by atoms with E-state index >= 15 is 0 Å². The number of hydrogen-bond acceptors (Lipinski definition) is 5. The van der Waals surface area contributed by atoms with Crippen LogP contribution in [0.3, 0.4) is 0 Å². The standard InChI is InChI=1S/C13H14ClN3O2S/c14-9-11(18)15-13-17-16-12(20-13)7-4-8-19-10-5-2-1-3-6-10/h1-3,5-6H,4,7-9H2,(H,15,17,18). The number of hydrogen-bond donors (Lipinski definition) is 1. The predicted octanol–water partition coefficient (Wildman–Crippen LogP) is 2.73. The summed E-state index contributed by atoms with van der Waals surface area (Å²) in [5.41, 5.74) is 0. The van der Waals surface area contributed by atoms with Gasteiger partial charge in [-0.1, -0.05) is 29.5 Å². The van der Waals surface area contributed by atoms with Gasteiger partial charge >= 0.3 is 0 Å². The van der Waals surface area contributed by atoms with Crippen molar-refractivity contribution in [2.45, 2.75) is 12.8 Å². The van der Waals surface area contributed by atoms with Crippen molar-refractivity contribution in [2.24, 2.45) is 0 Å². The summed E-state index contributed by atoms with van der Waals surface area (Å²) in [7, 11) is 0. The number of halogens is 1. The number of amides is 1. The first kappa shape index (κ1) is 14.7. The van der Waals surface area contributed by atoms with Crippen molar-refractivity contribution < 1.29 is 9.53 Å². The molecule has 1 amide bonds. The van der Waals surface area contributed by atoms with E-state index in [1.54, 1.807) is 0 Å². The zero-order valence-corrected chi connectivity index (χ0v) is 12.3. The lowest BCUT2D eigenvalue weighted by Crippen LogP contribution is -2.12. The molecule has 1 aromatic carbocycles. The van der Waals surface area contributed by atoms with Gasteiger partial charge in [0.2, 0.25) is 11.0 Å². The van der Waals surface area contributed by atoms with Crippen molar-refractivity contribution in [3.8, 4) is 5.75 Å². The normalized spacial score (nSPS) is 10.2. The zero-order chi connectivity index (χ0) is 14.2. The highest BCUT2D eigenvalue weighted by molar-refractivity contribution is 7.15. The summed E-state index contributed by atoms with van der Waals surface area (Å²) in [4.78, 5) is 11.1. The predicted molar refractivity (Wildman–Crippen MR) is 79.5 cm³/mol. The van der Waals surface area contributed by atoms with Crippen LogP contribution in [0.4, 0.5) is 5.13 Å². The summed E-state index contributed by atoms with van der Waals surface area (Å²) >= 11 is 6.75. The number of aryl methyl sites for hydroxylation is 1. The minimum atomic E-state index is -0.276. The number of aromatic nitrogens is 2. The monoisotopic (exact) mass is 311 g/mol. The molecule has 1 N–H and O–H groups in total. The molecule has 1 aromatic heterocycles. The Bertz CT molecular complexity index is 548. The quantitative estimate of drug-likeness (QED) is 0.631. The van der Waals surface area contributed by atoms with E-state index in [2.05, 4.69) is 15.5 Å². The van der Waals surface area contributed by atoms with Gasteiger partial charge in [0.25, 0.3) is 0 Å². The smallest absolute Gasteiger partial charge is 0.241 e. The van der Waals surface area contributed by atoms with Crippen LogP contribution in [-0.4, -0.2) is 28.6 Å². The molecule has 1 heterocycles. The van der Waals surface area contributed by atoms with Gasteiger partial charge < -0.3 is 4.74 Å². The molecule has 20 heavy (non-hydrogen) atoms. The third kappa shape index (κ3) is 4.79. The summed E-state index contributed by atoms with van der Waals surface area (Å²) < 4.78 is 5.59. The summed E-state index contributed by atoms with van der Waals surface area (Å²) in [6, 6.07) is 9.66. The molecule has 0 saturated heterocycles. The van der Waals surface area contributed by atoms with Gasteiger partial charge in [0.1, 0.15) is 16.6 Å². The molecule has 2 aromatic rings. The Morgan fingerprint density at radius 2 is 2.10 bits per heavy atom. The van der Waals surface area contributed by atoms with E-state index in [0.717, 1.165) is 23.6 Å². The average Bonchev–Trinajstić information content (AvgIpc) is 2.92. The van der Waals surface area contributed by atoms with Crippen LogP contribution in [0.1, 0.15) is 11.4 Å². The molecule has 0 aliphatic rings. The SMILES string of the molecule is O=C(CCl)Nc1nnc(CCCOc2ccccc2)s1. The van der Waals surface area contributed by atoms with E-state index in [9.17, 15) is 4.79 Å². The van der Waals surface area contributed by atoms with Crippen molar-refractivity contribution in [3.05, 3.63) is 35.3 Å². The maximum atomic E-state index is 11.1. The fraction of sp³-hybridized carbons (Fsp3) is 0.308.